The number of benzene rings is 2. The van der Waals surface area contributed by atoms with Gasteiger partial charge < -0.3 is 10.2 Å². The molecule has 1 aliphatic heterocycles. The van der Waals surface area contributed by atoms with Crippen molar-refractivity contribution in [2.75, 3.05) is 24.3 Å². The molecule has 0 fully saturated rings. The molecule has 176 valence electrons. The van der Waals surface area contributed by atoms with Crippen LogP contribution in [0.15, 0.2) is 65.0 Å². The Kier molecular flexibility index (Phi) is 5.94. The van der Waals surface area contributed by atoms with E-state index in [1.165, 1.54) is 0 Å². The van der Waals surface area contributed by atoms with Gasteiger partial charge in [0, 0.05) is 48.2 Å². The van der Waals surface area contributed by atoms with Gasteiger partial charge in [0.15, 0.2) is 5.78 Å². The van der Waals surface area contributed by atoms with Crippen LogP contribution in [0.1, 0.15) is 43.9 Å². The molecule has 1 aromatic heterocycles. The molecule has 5 rings (SSSR count). The number of Topliss-reactive ketones (excluding diaryl/α,β-unsaturated/α-hetero) is 1. The lowest BCUT2D eigenvalue weighted by atomic mass is 9.73. The maximum atomic E-state index is 13.4. The fraction of sp³-hybridized carbons (Fsp3) is 0.346. The van der Waals surface area contributed by atoms with E-state index in [0.717, 1.165) is 39.5 Å². The molecular formula is C26H28ClN5OS. The van der Waals surface area contributed by atoms with Gasteiger partial charge in [-0.25, -0.2) is 4.68 Å². The number of ketones is 1. The number of thioether (sulfide) groups is 1. The van der Waals surface area contributed by atoms with Crippen molar-refractivity contribution in [2.45, 2.75) is 43.6 Å². The number of anilines is 2. The van der Waals surface area contributed by atoms with Crippen LogP contribution in [-0.4, -0.2) is 34.6 Å². The van der Waals surface area contributed by atoms with Gasteiger partial charge in [0.05, 0.1) is 0 Å². The van der Waals surface area contributed by atoms with Crippen molar-refractivity contribution in [3.05, 3.63) is 76.0 Å². The minimum atomic E-state index is -0.298. The van der Waals surface area contributed by atoms with E-state index in [1.54, 1.807) is 11.8 Å². The van der Waals surface area contributed by atoms with E-state index in [1.807, 2.05) is 43.0 Å². The van der Waals surface area contributed by atoms with Gasteiger partial charge in [-0.2, -0.15) is 4.98 Å². The van der Waals surface area contributed by atoms with Gasteiger partial charge in [0.1, 0.15) is 6.04 Å². The number of nitrogens with zero attached hydrogens (tertiary/aromatic N) is 4. The third-order valence-electron chi connectivity index (χ3n) is 6.35. The van der Waals surface area contributed by atoms with E-state index in [-0.39, 0.29) is 17.2 Å². The van der Waals surface area contributed by atoms with E-state index in [4.69, 9.17) is 21.7 Å². The summed E-state index contributed by atoms with van der Waals surface area (Å²) >= 11 is 7.88. The van der Waals surface area contributed by atoms with Gasteiger partial charge >= 0.3 is 0 Å². The van der Waals surface area contributed by atoms with E-state index in [0.29, 0.717) is 23.3 Å². The number of rotatable bonds is 5. The quantitative estimate of drug-likeness (QED) is 0.443. The second kappa shape index (κ2) is 8.78. The van der Waals surface area contributed by atoms with Crippen LogP contribution >= 0.6 is 23.4 Å². The largest absolute Gasteiger partial charge is 0.378 e. The summed E-state index contributed by atoms with van der Waals surface area (Å²) in [7, 11) is 4.04. The average Bonchev–Trinajstić information content (AvgIpc) is 3.19. The normalized spacial score (nSPS) is 18.9. The molecule has 0 bridgehead atoms. The maximum Gasteiger partial charge on any atom is 0.227 e. The van der Waals surface area contributed by atoms with Gasteiger partial charge in [-0.1, -0.05) is 67.5 Å². The SMILES string of the molecule is CN(C)c1ccc(C2C3=C(CC(C)(C)CC3=O)Nc3nc(SCc4ccccc4Cl)nn32)cc1. The molecule has 0 saturated carbocycles. The van der Waals surface area contributed by atoms with Gasteiger partial charge in [0.25, 0.3) is 0 Å². The molecule has 6 nitrogen and oxygen atoms in total. The van der Waals surface area contributed by atoms with Gasteiger partial charge in [-0.3, -0.25) is 4.79 Å². The Balaban J connectivity index is 1.53. The highest BCUT2D eigenvalue weighted by atomic mass is 35.5. The molecule has 1 unspecified atom stereocenters. The van der Waals surface area contributed by atoms with Crippen LogP contribution in [0.3, 0.4) is 0 Å². The van der Waals surface area contributed by atoms with Crippen molar-refractivity contribution in [1.29, 1.82) is 0 Å². The molecule has 1 N–H and O–H groups in total. The van der Waals surface area contributed by atoms with E-state index in [9.17, 15) is 4.79 Å². The minimum Gasteiger partial charge on any atom is -0.378 e. The van der Waals surface area contributed by atoms with Crippen molar-refractivity contribution >= 4 is 40.8 Å². The maximum absolute atomic E-state index is 13.4. The molecule has 1 aliphatic carbocycles. The third kappa shape index (κ3) is 4.34. The second-order valence-corrected chi connectivity index (χ2v) is 11.2. The van der Waals surface area contributed by atoms with E-state index >= 15 is 0 Å². The predicted molar refractivity (Wildman–Crippen MR) is 139 cm³/mol. The second-order valence-electron chi connectivity index (χ2n) is 9.89. The van der Waals surface area contributed by atoms with Crippen LogP contribution < -0.4 is 10.2 Å². The van der Waals surface area contributed by atoms with Crippen molar-refractivity contribution in [2.24, 2.45) is 5.41 Å². The summed E-state index contributed by atoms with van der Waals surface area (Å²) in [5.41, 5.74) is 4.85. The lowest BCUT2D eigenvalue weighted by Gasteiger charge is -2.38. The molecule has 3 aromatic rings. The van der Waals surface area contributed by atoms with Gasteiger partial charge in [-0.05, 0) is 41.2 Å². The van der Waals surface area contributed by atoms with Crippen molar-refractivity contribution in [3.8, 4) is 0 Å². The Bertz CT molecular complexity index is 1280. The Morgan fingerprint density at radius 1 is 1.15 bits per heavy atom. The average molecular weight is 494 g/mol. The first-order valence-electron chi connectivity index (χ1n) is 11.4. The minimum absolute atomic E-state index is 0.0912. The van der Waals surface area contributed by atoms with Gasteiger partial charge in [-0.15, -0.1) is 5.10 Å². The first-order chi connectivity index (χ1) is 16.2. The molecule has 34 heavy (non-hydrogen) atoms. The number of hydrogen-bond donors (Lipinski definition) is 1. The van der Waals surface area contributed by atoms with Crippen LogP contribution in [0.25, 0.3) is 0 Å². The predicted octanol–water partition coefficient (Wildman–Crippen LogP) is 5.95. The Labute approximate surface area is 209 Å². The molecule has 0 amide bonds. The number of allylic oxidation sites excluding steroid dienone is 2. The number of fused-ring (bicyclic) bond motifs is 1. The summed E-state index contributed by atoms with van der Waals surface area (Å²) in [4.78, 5) is 20.2. The summed E-state index contributed by atoms with van der Waals surface area (Å²) in [6.45, 7) is 4.28. The molecule has 0 spiro atoms. The number of aromatic nitrogens is 3. The summed E-state index contributed by atoms with van der Waals surface area (Å²) < 4.78 is 1.87. The Morgan fingerprint density at radius 3 is 2.59 bits per heavy atom. The van der Waals surface area contributed by atoms with Crippen molar-refractivity contribution in [3.63, 3.8) is 0 Å². The Hall–Kier alpha value is -2.77. The number of halogens is 1. The smallest absolute Gasteiger partial charge is 0.227 e. The monoisotopic (exact) mass is 493 g/mol. The molecule has 2 aromatic carbocycles. The first-order valence-corrected chi connectivity index (χ1v) is 12.7. The molecular weight excluding hydrogens is 466 g/mol. The standard InChI is InChI=1S/C26H28ClN5OS/c1-26(2)13-20-22(21(33)14-26)23(16-9-11-18(12-10-16)31(3)4)32-24(28-20)29-25(30-32)34-15-17-7-5-6-8-19(17)27/h5-12,23H,13-15H2,1-4H3,(H,28,29,30). The number of nitrogens with one attached hydrogen (secondary N) is 1. The topological polar surface area (TPSA) is 63.1 Å². The van der Waals surface area contributed by atoms with Gasteiger partial charge in [0.2, 0.25) is 11.1 Å². The lowest BCUT2D eigenvalue weighted by Crippen LogP contribution is -2.36. The van der Waals surface area contributed by atoms with Crippen molar-refractivity contribution < 1.29 is 4.79 Å². The lowest BCUT2D eigenvalue weighted by molar-refractivity contribution is -0.118. The summed E-state index contributed by atoms with van der Waals surface area (Å²) in [6, 6.07) is 15.9. The highest BCUT2D eigenvalue weighted by Crippen LogP contribution is 2.46. The summed E-state index contributed by atoms with van der Waals surface area (Å²) in [5, 5.41) is 9.68. The third-order valence-corrected chi connectivity index (χ3v) is 7.61. The van der Waals surface area contributed by atoms with Crippen LogP contribution in [0.5, 0.6) is 0 Å². The van der Waals surface area contributed by atoms with Crippen LogP contribution in [-0.2, 0) is 10.5 Å². The number of carbonyl (C=O) groups is 1. The van der Waals surface area contributed by atoms with Crippen LogP contribution in [0.2, 0.25) is 5.02 Å². The van der Waals surface area contributed by atoms with E-state index < -0.39 is 0 Å². The zero-order valence-electron chi connectivity index (χ0n) is 19.8. The number of carbonyl (C=O) groups excluding carboxylic acids is 1. The summed E-state index contributed by atoms with van der Waals surface area (Å²) in [5.74, 6) is 1.52. The summed E-state index contributed by atoms with van der Waals surface area (Å²) in [6.07, 6.45) is 1.33. The first kappa shape index (κ1) is 23.0. The molecule has 8 heteroatoms. The molecule has 2 heterocycles. The molecule has 2 aliphatic rings. The zero-order chi connectivity index (χ0) is 24.0. The fourth-order valence-corrected chi connectivity index (χ4v) is 5.79. The Morgan fingerprint density at radius 2 is 1.88 bits per heavy atom. The van der Waals surface area contributed by atoms with Crippen LogP contribution in [0, 0.1) is 5.41 Å². The number of hydrogen-bond acceptors (Lipinski definition) is 6. The highest BCUT2D eigenvalue weighted by Gasteiger charge is 2.41. The van der Waals surface area contributed by atoms with Crippen LogP contribution in [0.4, 0.5) is 11.6 Å². The molecule has 0 saturated heterocycles. The molecule has 0 radical (unpaired) electrons. The van der Waals surface area contributed by atoms with Crippen molar-refractivity contribution in [1.82, 2.24) is 14.8 Å². The van der Waals surface area contributed by atoms with E-state index in [2.05, 4.69) is 48.3 Å². The molecule has 1 atom stereocenters. The zero-order valence-corrected chi connectivity index (χ0v) is 21.4. The highest BCUT2D eigenvalue weighted by molar-refractivity contribution is 7.98. The fourth-order valence-electron chi connectivity index (χ4n) is 4.67.